The molecule has 0 spiro atoms. The Bertz CT molecular complexity index is 387. The van der Waals surface area contributed by atoms with E-state index in [1.807, 2.05) is 0 Å². The SMILES string of the molecule is C=C(C(=O)OC)c1cc(OC)cc(OC)c1. The summed E-state index contributed by atoms with van der Waals surface area (Å²) < 4.78 is 14.8. The Morgan fingerprint density at radius 1 is 1.06 bits per heavy atom. The second kappa shape index (κ2) is 5.21. The molecule has 4 heteroatoms. The Morgan fingerprint density at radius 3 is 1.94 bits per heavy atom. The van der Waals surface area contributed by atoms with Gasteiger partial charge in [0, 0.05) is 6.07 Å². The van der Waals surface area contributed by atoms with Gasteiger partial charge < -0.3 is 14.2 Å². The van der Waals surface area contributed by atoms with Crippen LogP contribution in [-0.4, -0.2) is 27.3 Å². The molecule has 1 rings (SSSR count). The van der Waals surface area contributed by atoms with Crippen molar-refractivity contribution in [2.24, 2.45) is 0 Å². The highest BCUT2D eigenvalue weighted by molar-refractivity contribution is 6.15. The van der Waals surface area contributed by atoms with E-state index in [9.17, 15) is 4.79 Å². The summed E-state index contributed by atoms with van der Waals surface area (Å²) in [6.45, 7) is 3.66. The van der Waals surface area contributed by atoms with Crippen LogP contribution in [0.2, 0.25) is 0 Å². The molecule has 1 aromatic carbocycles. The highest BCUT2D eigenvalue weighted by Crippen LogP contribution is 2.26. The third-order valence-corrected chi connectivity index (χ3v) is 2.13. The first-order valence-electron chi connectivity index (χ1n) is 4.63. The van der Waals surface area contributed by atoms with Gasteiger partial charge in [0.1, 0.15) is 11.5 Å². The molecule has 0 saturated carbocycles. The molecule has 1 aromatic rings. The number of hydrogen-bond donors (Lipinski definition) is 0. The summed E-state index contributed by atoms with van der Waals surface area (Å²) in [5.41, 5.74) is 0.878. The second-order valence-corrected chi connectivity index (χ2v) is 3.07. The van der Waals surface area contributed by atoms with Gasteiger partial charge >= 0.3 is 5.97 Å². The average molecular weight is 222 g/mol. The lowest BCUT2D eigenvalue weighted by Crippen LogP contribution is -2.03. The predicted molar refractivity (Wildman–Crippen MR) is 60.6 cm³/mol. The number of carbonyl (C=O) groups is 1. The van der Waals surface area contributed by atoms with Crippen LogP contribution >= 0.6 is 0 Å². The quantitative estimate of drug-likeness (QED) is 0.576. The van der Waals surface area contributed by atoms with Crippen LogP contribution in [0.5, 0.6) is 11.5 Å². The molecule has 4 nitrogen and oxygen atoms in total. The topological polar surface area (TPSA) is 44.8 Å². The van der Waals surface area contributed by atoms with Gasteiger partial charge in [0.15, 0.2) is 0 Å². The first kappa shape index (κ1) is 12.1. The molecular formula is C12H14O4. The standard InChI is InChI=1S/C12H14O4/c1-8(12(13)16-4)9-5-10(14-2)7-11(6-9)15-3/h5-7H,1H2,2-4H3. The Morgan fingerprint density at radius 2 is 1.56 bits per heavy atom. The van der Waals surface area contributed by atoms with Crippen molar-refractivity contribution in [3.63, 3.8) is 0 Å². The minimum Gasteiger partial charge on any atom is -0.497 e. The maximum atomic E-state index is 11.3. The van der Waals surface area contributed by atoms with Crippen LogP contribution in [0.1, 0.15) is 5.56 Å². The largest absolute Gasteiger partial charge is 0.497 e. The molecule has 0 bridgehead atoms. The van der Waals surface area contributed by atoms with Gasteiger partial charge in [0.05, 0.1) is 26.9 Å². The lowest BCUT2D eigenvalue weighted by atomic mass is 10.1. The number of rotatable bonds is 4. The third-order valence-electron chi connectivity index (χ3n) is 2.13. The lowest BCUT2D eigenvalue weighted by molar-refractivity contribution is -0.133. The number of ether oxygens (including phenoxy) is 3. The van der Waals surface area contributed by atoms with Crippen LogP contribution in [0.4, 0.5) is 0 Å². The smallest absolute Gasteiger partial charge is 0.337 e. The van der Waals surface area contributed by atoms with E-state index in [1.165, 1.54) is 7.11 Å². The molecule has 0 fully saturated rings. The van der Waals surface area contributed by atoms with Gasteiger partial charge in [0.2, 0.25) is 0 Å². The molecule has 0 amide bonds. The van der Waals surface area contributed by atoms with Crippen LogP contribution in [0.3, 0.4) is 0 Å². The first-order chi connectivity index (χ1) is 7.62. The summed E-state index contributed by atoms with van der Waals surface area (Å²) in [5, 5.41) is 0. The Hall–Kier alpha value is -1.97. The molecule has 0 unspecified atom stereocenters. The minimum absolute atomic E-state index is 0.264. The fourth-order valence-electron chi connectivity index (χ4n) is 1.22. The summed E-state index contributed by atoms with van der Waals surface area (Å²) in [7, 11) is 4.39. The molecule has 0 heterocycles. The van der Waals surface area contributed by atoms with Crippen LogP contribution in [0, 0.1) is 0 Å². The van der Waals surface area contributed by atoms with E-state index in [1.54, 1.807) is 32.4 Å². The van der Waals surface area contributed by atoms with E-state index in [2.05, 4.69) is 11.3 Å². The van der Waals surface area contributed by atoms with Crippen LogP contribution in [0.25, 0.3) is 5.57 Å². The monoisotopic (exact) mass is 222 g/mol. The van der Waals surface area contributed by atoms with E-state index in [4.69, 9.17) is 9.47 Å². The number of methoxy groups -OCH3 is 3. The Labute approximate surface area is 94.4 Å². The van der Waals surface area contributed by atoms with Crippen molar-refractivity contribution in [1.82, 2.24) is 0 Å². The maximum Gasteiger partial charge on any atom is 0.337 e. The molecule has 86 valence electrons. The number of hydrogen-bond acceptors (Lipinski definition) is 4. The summed E-state index contributed by atoms with van der Waals surface area (Å²) in [5.74, 6) is 0.717. The Kier molecular flexibility index (Phi) is 3.94. The van der Waals surface area contributed by atoms with E-state index in [0.717, 1.165) is 0 Å². The van der Waals surface area contributed by atoms with E-state index in [-0.39, 0.29) is 5.57 Å². The van der Waals surface area contributed by atoms with Crippen LogP contribution in [0.15, 0.2) is 24.8 Å². The van der Waals surface area contributed by atoms with Gasteiger partial charge in [-0.3, -0.25) is 0 Å². The summed E-state index contributed by atoms with van der Waals surface area (Å²) in [6.07, 6.45) is 0. The number of esters is 1. The van der Waals surface area contributed by atoms with Gasteiger partial charge in [-0.05, 0) is 17.7 Å². The number of carbonyl (C=O) groups excluding carboxylic acids is 1. The zero-order chi connectivity index (χ0) is 12.1. The second-order valence-electron chi connectivity index (χ2n) is 3.07. The van der Waals surface area contributed by atoms with Crippen molar-refractivity contribution in [1.29, 1.82) is 0 Å². The van der Waals surface area contributed by atoms with Crippen molar-refractivity contribution in [2.75, 3.05) is 21.3 Å². The first-order valence-corrected chi connectivity index (χ1v) is 4.63. The van der Waals surface area contributed by atoms with Gasteiger partial charge in [-0.1, -0.05) is 6.58 Å². The van der Waals surface area contributed by atoms with E-state index < -0.39 is 5.97 Å². The summed E-state index contributed by atoms with van der Waals surface area (Å²) in [6, 6.07) is 5.11. The molecule has 0 aliphatic heterocycles. The van der Waals surface area contributed by atoms with Crippen molar-refractivity contribution in [3.05, 3.63) is 30.3 Å². The van der Waals surface area contributed by atoms with E-state index >= 15 is 0 Å². The van der Waals surface area contributed by atoms with Gasteiger partial charge in [-0.15, -0.1) is 0 Å². The molecular weight excluding hydrogens is 208 g/mol. The zero-order valence-corrected chi connectivity index (χ0v) is 9.57. The highest BCUT2D eigenvalue weighted by atomic mass is 16.5. The van der Waals surface area contributed by atoms with Crippen molar-refractivity contribution < 1.29 is 19.0 Å². The lowest BCUT2D eigenvalue weighted by Gasteiger charge is -2.09. The summed E-state index contributed by atoms with van der Waals surface area (Å²) in [4.78, 5) is 11.3. The van der Waals surface area contributed by atoms with Crippen LogP contribution in [-0.2, 0) is 9.53 Å². The molecule has 0 aliphatic rings. The van der Waals surface area contributed by atoms with Crippen molar-refractivity contribution in [3.8, 4) is 11.5 Å². The molecule has 0 saturated heterocycles. The zero-order valence-electron chi connectivity index (χ0n) is 9.57. The molecule has 0 aromatic heterocycles. The average Bonchev–Trinajstić information content (AvgIpc) is 2.35. The van der Waals surface area contributed by atoms with Crippen molar-refractivity contribution >= 4 is 11.5 Å². The predicted octanol–water partition coefficient (Wildman–Crippen LogP) is 1.89. The van der Waals surface area contributed by atoms with Gasteiger partial charge in [0.25, 0.3) is 0 Å². The van der Waals surface area contributed by atoms with E-state index in [0.29, 0.717) is 17.1 Å². The normalized spacial score (nSPS) is 9.44. The molecule has 0 radical (unpaired) electrons. The molecule has 16 heavy (non-hydrogen) atoms. The Balaban J connectivity index is 3.12. The summed E-state index contributed by atoms with van der Waals surface area (Å²) >= 11 is 0. The van der Waals surface area contributed by atoms with Gasteiger partial charge in [-0.2, -0.15) is 0 Å². The molecule has 0 N–H and O–H groups in total. The maximum absolute atomic E-state index is 11.3. The molecule has 0 aliphatic carbocycles. The minimum atomic E-state index is -0.477. The molecule has 0 atom stereocenters. The fraction of sp³-hybridized carbons (Fsp3) is 0.250. The third kappa shape index (κ3) is 2.53. The fourth-order valence-corrected chi connectivity index (χ4v) is 1.22. The number of benzene rings is 1. The van der Waals surface area contributed by atoms with Crippen LogP contribution < -0.4 is 9.47 Å². The van der Waals surface area contributed by atoms with Crippen molar-refractivity contribution in [2.45, 2.75) is 0 Å². The highest BCUT2D eigenvalue weighted by Gasteiger charge is 2.12. The van der Waals surface area contributed by atoms with Gasteiger partial charge in [-0.25, -0.2) is 4.79 Å².